The minimum atomic E-state index is -1.52. The number of aromatic nitrogens is 2. The summed E-state index contributed by atoms with van der Waals surface area (Å²) in [5, 5.41) is 38.6. The summed E-state index contributed by atoms with van der Waals surface area (Å²) in [5.74, 6) is -2.79. The van der Waals surface area contributed by atoms with Crippen LogP contribution >= 0.6 is 0 Å². The van der Waals surface area contributed by atoms with Gasteiger partial charge in [-0.3, -0.25) is 4.79 Å². The molecule has 2 fully saturated rings. The van der Waals surface area contributed by atoms with Gasteiger partial charge < -0.3 is 40.6 Å². The molecule has 0 bridgehead atoms. The minimum absolute atomic E-state index is 0.00523. The number of likely N-dealkylation sites (tertiary alicyclic amines) is 1. The van der Waals surface area contributed by atoms with Crippen molar-refractivity contribution in [2.24, 2.45) is 5.73 Å². The molecule has 1 aliphatic carbocycles. The number of nitrogens with zero attached hydrogens (tertiary/aromatic N) is 2. The van der Waals surface area contributed by atoms with Gasteiger partial charge in [0.05, 0.1) is 25.5 Å². The summed E-state index contributed by atoms with van der Waals surface area (Å²) in [4.78, 5) is 32.5. The second-order valence-corrected chi connectivity index (χ2v) is 7.97. The van der Waals surface area contributed by atoms with Gasteiger partial charge >= 0.3 is 13.1 Å². The lowest BCUT2D eigenvalue weighted by atomic mass is 9.81. The molecule has 3 unspecified atom stereocenters. The number of carbonyl (C=O) groups excluding carboxylic acids is 1. The van der Waals surface area contributed by atoms with E-state index in [1.54, 1.807) is 6.20 Å². The number of aromatic amines is 1. The third-order valence-electron chi connectivity index (χ3n) is 5.77. The van der Waals surface area contributed by atoms with Crippen LogP contribution in [0.2, 0.25) is 5.82 Å². The first-order valence-corrected chi connectivity index (χ1v) is 9.89. The molecule has 1 saturated heterocycles. The number of carbonyl (C=O) groups is 2. The number of amides is 1. The Bertz CT molecular complexity index is 978. The summed E-state index contributed by atoms with van der Waals surface area (Å²) >= 11 is 0. The van der Waals surface area contributed by atoms with Crippen LogP contribution < -0.4 is 10.5 Å². The highest BCUT2D eigenvalue weighted by molar-refractivity contribution is 6.44. The molecular weight excluding hydrogens is 407 g/mol. The van der Waals surface area contributed by atoms with Crippen LogP contribution in [-0.4, -0.2) is 79.4 Å². The lowest BCUT2D eigenvalue weighted by Crippen LogP contribution is -2.60. The molecule has 1 aromatic heterocycles. The monoisotopic (exact) mass is 430 g/mol. The highest BCUT2D eigenvalue weighted by Gasteiger charge is 2.48. The fourth-order valence-electron chi connectivity index (χ4n) is 3.92. The number of hydrogen-bond donors (Lipinski definition) is 6. The van der Waals surface area contributed by atoms with Gasteiger partial charge in [-0.2, -0.15) is 0 Å². The predicted molar refractivity (Wildman–Crippen MR) is 108 cm³/mol. The maximum Gasteiger partial charge on any atom is 0.455 e. The van der Waals surface area contributed by atoms with Gasteiger partial charge in [0.2, 0.25) is 5.91 Å². The van der Waals surface area contributed by atoms with Gasteiger partial charge in [-0.15, -0.1) is 0 Å². The molecule has 31 heavy (non-hydrogen) atoms. The zero-order valence-corrected chi connectivity index (χ0v) is 16.5. The number of rotatable bonds is 8. The number of nitrogens with one attached hydrogen (secondary N) is 1. The molecule has 12 heteroatoms. The standard InChI is InChI=1S/C19H23BN4O7/c21-14(3-9-5-22-8-23-9)18(26)24-6-10(7-24)31-15-2-1-11(12-4-13(12)20(29)30)17(25)16(15)19(27)28/h1-2,5,8,10,12-14,25,29-30H,3-4,6-7,21H2,(H,22,23)(H,27,28). The number of hydrogen-bond acceptors (Lipinski definition) is 8. The van der Waals surface area contributed by atoms with Crippen LogP contribution in [0.3, 0.4) is 0 Å². The number of phenols is 1. The maximum atomic E-state index is 12.4. The summed E-state index contributed by atoms with van der Waals surface area (Å²) in [7, 11) is -1.52. The Labute approximate surface area is 177 Å². The van der Waals surface area contributed by atoms with Crippen LogP contribution in [-0.2, 0) is 11.2 Å². The van der Waals surface area contributed by atoms with Crippen LogP contribution in [0, 0.1) is 0 Å². The third-order valence-corrected chi connectivity index (χ3v) is 5.77. The molecule has 1 aromatic carbocycles. The molecule has 11 nitrogen and oxygen atoms in total. The van der Waals surface area contributed by atoms with Gasteiger partial charge in [0.15, 0.2) is 0 Å². The summed E-state index contributed by atoms with van der Waals surface area (Å²) in [5.41, 5.74) is 6.68. The van der Waals surface area contributed by atoms with E-state index in [0.717, 1.165) is 5.69 Å². The van der Waals surface area contributed by atoms with Crippen molar-refractivity contribution < 1.29 is 34.6 Å². The van der Waals surface area contributed by atoms with Crippen LogP contribution in [0.1, 0.15) is 34.0 Å². The van der Waals surface area contributed by atoms with Crippen molar-refractivity contribution in [2.45, 2.75) is 36.7 Å². The van der Waals surface area contributed by atoms with Gasteiger partial charge in [0, 0.05) is 24.1 Å². The van der Waals surface area contributed by atoms with E-state index in [-0.39, 0.29) is 36.2 Å². The number of carboxylic acids is 1. The molecule has 0 spiro atoms. The summed E-state index contributed by atoms with van der Waals surface area (Å²) in [6.45, 7) is 0.497. The molecular formula is C19H23BN4O7. The summed E-state index contributed by atoms with van der Waals surface area (Å²) in [6.07, 6.45) is 3.45. The average Bonchev–Trinajstić information content (AvgIpc) is 3.32. The van der Waals surface area contributed by atoms with Crippen LogP contribution in [0.15, 0.2) is 24.7 Å². The van der Waals surface area contributed by atoms with Crippen LogP contribution in [0.5, 0.6) is 11.5 Å². The largest absolute Gasteiger partial charge is 0.507 e. The number of H-pyrrole nitrogens is 1. The Morgan fingerprint density at radius 1 is 1.35 bits per heavy atom. The molecule has 3 atom stereocenters. The molecule has 2 heterocycles. The van der Waals surface area contributed by atoms with E-state index in [4.69, 9.17) is 10.5 Å². The normalized spacial score (nSPS) is 21.3. The van der Waals surface area contributed by atoms with Crippen molar-refractivity contribution in [3.8, 4) is 11.5 Å². The first-order chi connectivity index (χ1) is 14.8. The molecule has 164 valence electrons. The molecule has 0 radical (unpaired) electrons. The van der Waals surface area contributed by atoms with Gasteiger partial charge in [0.1, 0.15) is 23.2 Å². The quantitative estimate of drug-likeness (QED) is 0.295. The molecule has 4 rings (SSSR count). The fraction of sp³-hybridized carbons (Fsp3) is 0.421. The smallest absolute Gasteiger partial charge is 0.455 e. The van der Waals surface area contributed by atoms with Gasteiger partial charge in [-0.25, -0.2) is 9.78 Å². The minimum Gasteiger partial charge on any atom is -0.507 e. The van der Waals surface area contributed by atoms with Gasteiger partial charge in [-0.05, 0) is 24.0 Å². The lowest BCUT2D eigenvalue weighted by molar-refractivity contribution is -0.141. The Morgan fingerprint density at radius 2 is 2.10 bits per heavy atom. The van der Waals surface area contributed by atoms with Gasteiger partial charge in [0.25, 0.3) is 0 Å². The van der Waals surface area contributed by atoms with E-state index in [1.807, 2.05) is 0 Å². The SMILES string of the molecule is NC(Cc1cnc[nH]1)C(=O)N1CC(Oc2ccc(C3CC3B(O)O)c(O)c2C(=O)O)C1. The van der Waals surface area contributed by atoms with E-state index < -0.39 is 36.8 Å². The Hall–Kier alpha value is -3.09. The second-order valence-electron chi connectivity index (χ2n) is 7.97. The number of ether oxygens (including phenoxy) is 1. The fourth-order valence-corrected chi connectivity index (χ4v) is 3.92. The van der Waals surface area contributed by atoms with E-state index in [9.17, 15) is 29.9 Å². The Morgan fingerprint density at radius 3 is 2.68 bits per heavy atom. The molecule has 2 aromatic rings. The molecule has 2 aliphatic rings. The first kappa shape index (κ1) is 21.2. The predicted octanol–water partition coefficient (Wildman–Crippen LogP) is -0.697. The zero-order valence-electron chi connectivity index (χ0n) is 16.5. The highest BCUT2D eigenvalue weighted by Crippen LogP contribution is 2.56. The number of aromatic hydroxyl groups is 1. The first-order valence-electron chi connectivity index (χ1n) is 9.89. The topological polar surface area (TPSA) is 182 Å². The average molecular weight is 430 g/mol. The number of aromatic carboxylic acids is 1. The van der Waals surface area contributed by atoms with Crippen LogP contribution in [0.4, 0.5) is 0 Å². The van der Waals surface area contributed by atoms with Crippen LogP contribution in [0.25, 0.3) is 0 Å². The number of carboxylic acid groups (broad SMARTS) is 1. The second kappa shape index (κ2) is 8.21. The molecule has 1 saturated carbocycles. The van der Waals surface area contributed by atoms with E-state index in [0.29, 0.717) is 18.4 Å². The Balaban J connectivity index is 1.38. The molecule has 1 aliphatic heterocycles. The van der Waals surface area contributed by atoms with Crippen molar-refractivity contribution in [1.82, 2.24) is 14.9 Å². The van der Waals surface area contributed by atoms with Crippen molar-refractivity contribution >= 4 is 19.0 Å². The molecule has 1 amide bonds. The summed E-state index contributed by atoms with van der Waals surface area (Å²) in [6, 6.07) is 2.26. The molecule has 7 N–H and O–H groups in total. The number of nitrogens with two attached hydrogens (primary N) is 1. The highest BCUT2D eigenvalue weighted by atomic mass is 16.5. The zero-order chi connectivity index (χ0) is 22.3. The lowest BCUT2D eigenvalue weighted by Gasteiger charge is -2.40. The van der Waals surface area contributed by atoms with E-state index >= 15 is 0 Å². The van der Waals surface area contributed by atoms with Crippen molar-refractivity contribution in [3.05, 3.63) is 41.5 Å². The third kappa shape index (κ3) is 4.22. The van der Waals surface area contributed by atoms with Crippen molar-refractivity contribution in [3.63, 3.8) is 0 Å². The number of benzene rings is 1. The van der Waals surface area contributed by atoms with Gasteiger partial charge in [-0.1, -0.05) is 6.07 Å². The van der Waals surface area contributed by atoms with E-state index in [2.05, 4.69) is 9.97 Å². The summed E-state index contributed by atoms with van der Waals surface area (Å²) < 4.78 is 5.73. The van der Waals surface area contributed by atoms with Crippen molar-refractivity contribution in [1.29, 1.82) is 0 Å². The number of imidazole rings is 1. The van der Waals surface area contributed by atoms with E-state index in [1.165, 1.54) is 23.4 Å². The Kier molecular flexibility index (Phi) is 5.61. The van der Waals surface area contributed by atoms with Crippen molar-refractivity contribution in [2.75, 3.05) is 13.1 Å². The maximum absolute atomic E-state index is 12.4.